The normalized spacial score (nSPS) is 11.0. The molecule has 0 aliphatic carbocycles. The van der Waals surface area contributed by atoms with E-state index in [0.717, 1.165) is 31.2 Å². The molecule has 0 unspecified atom stereocenters. The molecule has 0 fully saturated rings. The molecule has 4 aromatic rings. The van der Waals surface area contributed by atoms with Crippen LogP contribution < -0.4 is 5.32 Å². The van der Waals surface area contributed by atoms with E-state index in [-0.39, 0.29) is 5.56 Å². The van der Waals surface area contributed by atoms with E-state index in [0.29, 0.717) is 5.00 Å². The standard InChI is InChI=1S/C20H15FN2OS2/c1-11-12(2)25-20(23-18(24)13-7-3-4-8-14(13)21)17(11)19-22-15-9-5-6-10-16(15)26-19/h3-10H,1-2H3,(H,23,24). The van der Waals surface area contributed by atoms with Crippen molar-refractivity contribution in [3.8, 4) is 10.6 Å². The predicted molar refractivity (Wildman–Crippen MR) is 107 cm³/mol. The van der Waals surface area contributed by atoms with Crippen LogP contribution in [0.3, 0.4) is 0 Å². The molecular weight excluding hydrogens is 367 g/mol. The Morgan fingerprint density at radius 1 is 1.04 bits per heavy atom. The number of amides is 1. The Labute approximate surface area is 158 Å². The largest absolute Gasteiger partial charge is 0.313 e. The zero-order valence-corrected chi connectivity index (χ0v) is 15.8. The number of aromatic nitrogens is 1. The number of halogens is 1. The summed E-state index contributed by atoms with van der Waals surface area (Å²) in [5.74, 6) is -0.983. The highest BCUT2D eigenvalue weighted by Gasteiger charge is 2.21. The molecule has 0 aliphatic rings. The first kappa shape index (κ1) is 16.9. The van der Waals surface area contributed by atoms with E-state index in [2.05, 4.69) is 5.32 Å². The minimum Gasteiger partial charge on any atom is -0.313 e. The lowest BCUT2D eigenvalue weighted by Gasteiger charge is -2.06. The van der Waals surface area contributed by atoms with Gasteiger partial charge in [-0.3, -0.25) is 4.79 Å². The second kappa shape index (κ2) is 6.63. The SMILES string of the molecule is Cc1sc(NC(=O)c2ccccc2F)c(-c2nc3ccccc3s2)c1C. The maximum absolute atomic E-state index is 13.9. The minimum absolute atomic E-state index is 0.0338. The fraction of sp³-hybridized carbons (Fsp3) is 0.100. The number of benzene rings is 2. The van der Waals surface area contributed by atoms with Crippen molar-refractivity contribution in [1.82, 2.24) is 4.98 Å². The molecule has 0 saturated carbocycles. The van der Waals surface area contributed by atoms with Crippen LogP contribution in [-0.2, 0) is 0 Å². The molecule has 26 heavy (non-hydrogen) atoms. The molecule has 0 bridgehead atoms. The quantitative estimate of drug-likeness (QED) is 0.470. The molecule has 0 saturated heterocycles. The van der Waals surface area contributed by atoms with Gasteiger partial charge < -0.3 is 5.32 Å². The molecule has 6 heteroatoms. The molecule has 130 valence electrons. The Morgan fingerprint density at radius 2 is 1.77 bits per heavy atom. The molecule has 3 nitrogen and oxygen atoms in total. The fourth-order valence-corrected chi connectivity index (χ4v) is 4.96. The van der Waals surface area contributed by atoms with Crippen LogP contribution in [0.4, 0.5) is 9.39 Å². The summed E-state index contributed by atoms with van der Waals surface area (Å²) in [5.41, 5.74) is 2.96. The average molecular weight is 382 g/mol. The Hall–Kier alpha value is -2.57. The molecule has 0 radical (unpaired) electrons. The number of anilines is 1. The van der Waals surface area contributed by atoms with Gasteiger partial charge in [0.15, 0.2) is 0 Å². The van der Waals surface area contributed by atoms with Gasteiger partial charge in [-0.15, -0.1) is 22.7 Å². The average Bonchev–Trinajstić information content (AvgIpc) is 3.16. The predicted octanol–water partition coefficient (Wildman–Crippen LogP) is 6.03. The number of nitrogens with zero attached hydrogens (tertiary/aromatic N) is 1. The van der Waals surface area contributed by atoms with Crippen LogP contribution in [0, 0.1) is 19.7 Å². The van der Waals surface area contributed by atoms with Gasteiger partial charge in [-0.2, -0.15) is 0 Å². The topological polar surface area (TPSA) is 42.0 Å². The summed E-state index contributed by atoms with van der Waals surface area (Å²) in [6.45, 7) is 4.03. The summed E-state index contributed by atoms with van der Waals surface area (Å²) in [6.07, 6.45) is 0. The second-order valence-corrected chi connectivity index (χ2v) is 8.16. The Morgan fingerprint density at radius 3 is 2.54 bits per heavy atom. The summed E-state index contributed by atoms with van der Waals surface area (Å²) in [6, 6.07) is 13.9. The van der Waals surface area contributed by atoms with Gasteiger partial charge in [0, 0.05) is 10.4 Å². The van der Waals surface area contributed by atoms with Crippen LogP contribution in [0.15, 0.2) is 48.5 Å². The number of nitrogens with one attached hydrogen (secondary N) is 1. The monoisotopic (exact) mass is 382 g/mol. The Bertz CT molecular complexity index is 1100. The lowest BCUT2D eigenvalue weighted by molar-refractivity contribution is 0.102. The number of thiazole rings is 1. The Kier molecular flexibility index (Phi) is 4.30. The van der Waals surface area contributed by atoms with Crippen molar-refractivity contribution in [2.45, 2.75) is 13.8 Å². The van der Waals surface area contributed by atoms with Crippen LogP contribution in [-0.4, -0.2) is 10.9 Å². The zero-order valence-electron chi connectivity index (χ0n) is 14.2. The number of hydrogen-bond acceptors (Lipinski definition) is 4. The third-order valence-corrected chi connectivity index (χ3v) is 6.42. The number of fused-ring (bicyclic) bond motifs is 1. The van der Waals surface area contributed by atoms with Crippen molar-refractivity contribution in [1.29, 1.82) is 0 Å². The molecule has 0 aliphatic heterocycles. The van der Waals surface area contributed by atoms with E-state index in [1.807, 2.05) is 38.1 Å². The van der Waals surface area contributed by atoms with Crippen LogP contribution >= 0.6 is 22.7 Å². The van der Waals surface area contributed by atoms with Crippen LogP contribution in [0.1, 0.15) is 20.8 Å². The smallest absolute Gasteiger partial charge is 0.259 e. The third-order valence-electron chi connectivity index (χ3n) is 4.24. The maximum atomic E-state index is 13.9. The molecule has 1 amide bonds. The maximum Gasteiger partial charge on any atom is 0.259 e. The Balaban J connectivity index is 1.77. The van der Waals surface area contributed by atoms with E-state index in [1.165, 1.54) is 23.5 Å². The van der Waals surface area contributed by atoms with Gasteiger partial charge in [0.05, 0.1) is 15.8 Å². The van der Waals surface area contributed by atoms with Crippen molar-refractivity contribution in [3.05, 3.63) is 70.4 Å². The lowest BCUT2D eigenvalue weighted by atomic mass is 10.1. The van der Waals surface area contributed by atoms with Crippen molar-refractivity contribution < 1.29 is 9.18 Å². The highest BCUT2D eigenvalue weighted by molar-refractivity contribution is 7.22. The summed E-state index contributed by atoms with van der Waals surface area (Å²) in [5, 5.41) is 4.44. The van der Waals surface area contributed by atoms with Crippen molar-refractivity contribution in [3.63, 3.8) is 0 Å². The first-order valence-electron chi connectivity index (χ1n) is 8.06. The third kappa shape index (κ3) is 2.91. The second-order valence-electron chi connectivity index (χ2n) is 5.91. The molecule has 2 heterocycles. The van der Waals surface area contributed by atoms with Crippen LogP contribution in [0.5, 0.6) is 0 Å². The number of para-hydroxylation sites is 1. The molecule has 1 N–H and O–H groups in total. The van der Waals surface area contributed by atoms with Crippen LogP contribution in [0.25, 0.3) is 20.8 Å². The highest BCUT2D eigenvalue weighted by Crippen LogP contribution is 2.43. The molecule has 4 rings (SSSR count). The summed E-state index contributed by atoms with van der Waals surface area (Å²) in [7, 11) is 0. The molecule has 0 spiro atoms. The molecule has 2 aromatic heterocycles. The fourth-order valence-electron chi connectivity index (χ4n) is 2.77. The van der Waals surface area contributed by atoms with Gasteiger partial charge >= 0.3 is 0 Å². The van der Waals surface area contributed by atoms with E-state index < -0.39 is 11.7 Å². The molecule has 0 atom stereocenters. The first-order chi connectivity index (χ1) is 12.5. The van der Waals surface area contributed by atoms with Gasteiger partial charge in [0.1, 0.15) is 15.8 Å². The van der Waals surface area contributed by atoms with Crippen molar-refractivity contribution in [2.75, 3.05) is 5.32 Å². The van der Waals surface area contributed by atoms with E-state index in [1.54, 1.807) is 23.5 Å². The van der Waals surface area contributed by atoms with Crippen LogP contribution in [0.2, 0.25) is 0 Å². The summed E-state index contributed by atoms with van der Waals surface area (Å²) < 4.78 is 15.0. The van der Waals surface area contributed by atoms with Crippen molar-refractivity contribution >= 4 is 43.8 Å². The highest BCUT2D eigenvalue weighted by atomic mass is 32.1. The van der Waals surface area contributed by atoms with E-state index in [4.69, 9.17) is 4.98 Å². The number of aryl methyl sites for hydroxylation is 1. The summed E-state index contributed by atoms with van der Waals surface area (Å²) >= 11 is 3.08. The zero-order chi connectivity index (χ0) is 18.3. The van der Waals surface area contributed by atoms with E-state index in [9.17, 15) is 9.18 Å². The van der Waals surface area contributed by atoms with Gasteiger partial charge in [0.2, 0.25) is 0 Å². The number of carbonyl (C=O) groups excluding carboxylic acids is 1. The number of carbonyl (C=O) groups is 1. The van der Waals surface area contributed by atoms with Gasteiger partial charge in [-0.25, -0.2) is 9.37 Å². The first-order valence-corrected chi connectivity index (χ1v) is 9.69. The number of hydrogen-bond donors (Lipinski definition) is 1. The van der Waals surface area contributed by atoms with Crippen molar-refractivity contribution in [2.24, 2.45) is 0 Å². The van der Waals surface area contributed by atoms with Gasteiger partial charge in [0.25, 0.3) is 5.91 Å². The van der Waals surface area contributed by atoms with Gasteiger partial charge in [-0.05, 0) is 43.7 Å². The molecular formula is C20H15FN2OS2. The van der Waals surface area contributed by atoms with E-state index >= 15 is 0 Å². The molecule has 2 aromatic carbocycles. The minimum atomic E-state index is -0.531. The summed E-state index contributed by atoms with van der Waals surface area (Å²) in [4.78, 5) is 18.4. The number of thiophene rings is 1. The lowest BCUT2D eigenvalue weighted by Crippen LogP contribution is -2.13. The number of rotatable bonds is 3. The van der Waals surface area contributed by atoms with Gasteiger partial charge in [-0.1, -0.05) is 24.3 Å².